The summed E-state index contributed by atoms with van der Waals surface area (Å²) in [6.45, 7) is 4.84. The molecule has 0 saturated heterocycles. The van der Waals surface area contributed by atoms with Crippen molar-refractivity contribution in [3.8, 4) is 0 Å². The number of hydrogen-bond donors (Lipinski definition) is 1. The maximum atomic E-state index is 3.55. The first-order valence-electron chi connectivity index (χ1n) is 8.28. The standard InChI is InChI=1S/C18H28N2/c1-14-11-15-7-4-6-10-18(15)20(12-14)13-16-8-3-5-9-17(16)19-2/h4,6-7,10,14,16-17,19H,3,5,8-9,11-13H2,1-2H3. The summed E-state index contributed by atoms with van der Waals surface area (Å²) in [7, 11) is 2.13. The van der Waals surface area contributed by atoms with Crippen molar-refractivity contribution < 1.29 is 0 Å². The molecule has 0 bridgehead atoms. The van der Waals surface area contributed by atoms with E-state index in [0.717, 1.165) is 11.8 Å². The molecule has 1 fully saturated rings. The van der Waals surface area contributed by atoms with Crippen molar-refractivity contribution in [1.82, 2.24) is 5.32 Å². The van der Waals surface area contributed by atoms with Crippen LogP contribution in [-0.4, -0.2) is 26.2 Å². The van der Waals surface area contributed by atoms with Crippen molar-refractivity contribution in [2.24, 2.45) is 11.8 Å². The second kappa shape index (κ2) is 6.17. The monoisotopic (exact) mass is 272 g/mol. The molecular formula is C18H28N2. The highest BCUT2D eigenvalue weighted by molar-refractivity contribution is 5.55. The lowest BCUT2D eigenvalue weighted by Crippen LogP contribution is -2.45. The third-order valence-electron chi connectivity index (χ3n) is 5.17. The van der Waals surface area contributed by atoms with Crippen molar-refractivity contribution in [1.29, 1.82) is 0 Å². The fourth-order valence-electron chi connectivity index (χ4n) is 4.17. The van der Waals surface area contributed by atoms with Crippen LogP contribution in [0.1, 0.15) is 38.2 Å². The predicted octanol–water partition coefficient (Wildman–Crippen LogP) is 3.46. The Morgan fingerprint density at radius 3 is 2.85 bits per heavy atom. The van der Waals surface area contributed by atoms with E-state index in [1.54, 1.807) is 5.56 Å². The number of rotatable bonds is 3. The van der Waals surface area contributed by atoms with E-state index in [0.29, 0.717) is 6.04 Å². The van der Waals surface area contributed by atoms with Gasteiger partial charge in [0.2, 0.25) is 0 Å². The summed E-state index contributed by atoms with van der Waals surface area (Å²) in [5, 5.41) is 3.55. The minimum Gasteiger partial charge on any atom is -0.371 e. The average molecular weight is 272 g/mol. The largest absolute Gasteiger partial charge is 0.371 e. The van der Waals surface area contributed by atoms with Gasteiger partial charge in [-0.15, -0.1) is 0 Å². The van der Waals surface area contributed by atoms with Crippen LogP contribution in [0.5, 0.6) is 0 Å². The van der Waals surface area contributed by atoms with Crippen LogP contribution in [0, 0.1) is 11.8 Å². The van der Waals surface area contributed by atoms with E-state index in [1.807, 2.05) is 0 Å². The molecule has 2 aliphatic rings. The van der Waals surface area contributed by atoms with Gasteiger partial charge in [0.25, 0.3) is 0 Å². The lowest BCUT2D eigenvalue weighted by Gasteiger charge is -2.40. The second-order valence-corrected chi connectivity index (χ2v) is 6.78. The number of hydrogen-bond acceptors (Lipinski definition) is 2. The van der Waals surface area contributed by atoms with Crippen LogP contribution in [0.4, 0.5) is 5.69 Å². The van der Waals surface area contributed by atoms with Crippen LogP contribution in [0.15, 0.2) is 24.3 Å². The smallest absolute Gasteiger partial charge is 0.0399 e. The number of para-hydroxylation sites is 1. The predicted molar refractivity (Wildman–Crippen MR) is 86.3 cm³/mol. The Hall–Kier alpha value is -1.02. The minimum absolute atomic E-state index is 0.716. The van der Waals surface area contributed by atoms with Crippen molar-refractivity contribution >= 4 is 5.69 Å². The third-order valence-corrected chi connectivity index (χ3v) is 5.17. The molecule has 1 aromatic carbocycles. The molecule has 1 N–H and O–H groups in total. The van der Waals surface area contributed by atoms with Gasteiger partial charge in [0, 0.05) is 24.8 Å². The van der Waals surface area contributed by atoms with Crippen LogP contribution >= 0.6 is 0 Å². The molecule has 110 valence electrons. The van der Waals surface area contributed by atoms with Gasteiger partial charge < -0.3 is 10.2 Å². The Balaban J connectivity index is 1.76. The van der Waals surface area contributed by atoms with E-state index in [1.165, 1.54) is 50.9 Å². The van der Waals surface area contributed by atoms with Crippen LogP contribution < -0.4 is 10.2 Å². The molecule has 0 spiro atoms. The van der Waals surface area contributed by atoms with E-state index in [4.69, 9.17) is 0 Å². The lowest BCUT2D eigenvalue weighted by atomic mass is 9.83. The fourth-order valence-corrected chi connectivity index (χ4v) is 4.17. The van der Waals surface area contributed by atoms with Crippen molar-refractivity contribution in [2.45, 2.75) is 45.1 Å². The Morgan fingerprint density at radius 2 is 2.00 bits per heavy atom. The molecule has 1 aliphatic heterocycles. The van der Waals surface area contributed by atoms with Gasteiger partial charge in [-0.1, -0.05) is 38.0 Å². The molecule has 3 atom stereocenters. The minimum atomic E-state index is 0.716. The molecule has 1 heterocycles. The highest BCUT2D eigenvalue weighted by atomic mass is 15.1. The Kier molecular flexibility index (Phi) is 4.30. The summed E-state index contributed by atoms with van der Waals surface area (Å²) in [6.07, 6.45) is 6.79. The van der Waals surface area contributed by atoms with Gasteiger partial charge in [-0.05, 0) is 49.8 Å². The van der Waals surface area contributed by atoms with E-state index < -0.39 is 0 Å². The molecule has 1 saturated carbocycles. The highest BCUT2D eigenvalue weighted by Crippen LogP contribution is 2.32. The first kappa shape index (κ1) is 13.9. The molecule has 0 radical (unpaired) electrons. The normalized spacial score (nSPS) is 30.1. The second-order valence-electron chi connectivity index (χ2n) is 6.78. The topological polar surface area (TPSA) is 15.3 Å². The molecular weight excluding hydrogens is 244 g/mol. The molecule has 0 aromatic heterocycles. The summed E-state index contributed by atoms with van der Waals surface area (Å²) in [4.78, 5) is 2.66. The van der Waals surface area contributed by atoms with Gasteiger partial charge in [0.1, 0.15) is 0 Å². The summed E-state index contributed by atoms with van der Waals surface area (Å²) < 4.78 is 0. The fraction of sp³-hybridized carbons (Fsp3) is 0.667. The average Bonchev–Trinajstić information content (AvgIpc) is 2.47. The molecule has 2 heteroatoms. The van der Waals surface area contributed by atoms with Gasteiger partial charge >= 0.3 is 0 Å². The van der Waals surface area contributed by atoms with Crippen LogP contribution in [0.3, 0.4) is 0 Å². The summed E-state index contributed by atoms with van der Waals surface area (Å²) in [6, 6.07) is 9.73. The van der Waals surface area contributed by atoms with Crippen molar-refractivity contribution in [2.75, 3.05) is 25.0 Å². The molecule has 3 rings (SSSR count). The lowest BCUT2D eigenvalue weighted by molar-refractivity contribution is 0.272. The number of fused-ring (bicyclic) bond motifs is 1. The van der Waals surface area contributed by atoms with Gasteiger partial charge in [-0.2, -0.15) is 0 Å². The summed E-state index contributed by atoms with van der Waals surface area (Å²) >= 11 is 0. The van der Waals surface area contributed by atoms with E-state index in [9.17, 15) is 0 Å². The number of nitrogens with zero attached hydrogens (tertiary/aromatic N) is 1. The van der Waals surface area contributed by atoms with Crippen LogP contribution in [0.25, 0.3) is 0 Å². The Bertz CT molecular complexity index is 443. The SMILES string of the molecule is CNC1CCCCC1CN1CC(C)Cc2ccccc21. The van der Waals surface area contributed by atoms with E-state index in [2.05, 4.69) is 48.5 Å². The molecule has 1 aromatic rings. The van der Waals surface area contributed by atoms with Crippen LogP contribution in [-0.2, 0) is 6.42 Å². The molecule has 3 unspecified atom stereocenters. The first-order chi connectivity index (χ1) is 9.78. The number of benzene rings is 1. The van der Waals surface area contributed by atoms with Gasteiger partial charge in [0.05, 0.1) is 0 Å². The summed E-state index contributed by atoms with van der Waals surface area (Å²) in [5.74, 6) is 1.59. The van der Waals surface area contributed by atoms with Crippen LogP contribution in [0.2, 0.25) is 0 Å². The summed E-state index contributed by atoms with van der Waals surface area (Å²) in [5.41, 5.74) is 3.04. The van der Waals surface area contributed by atoms with Gasteiger partial charge in [-0.25, -0.2) is 0 Å². The van der Waals surface area contributed by atoms with Crippen molar-refractivity contribution in [3.05, 3.63) is 29.8 Å². The molecule has 20 heavy (non-hydrogen) atoms. The zero-order chi connectivity index (χ0) is 13.9. The van der Waals surface area contributed by atoms with E-state index in [-0.39, 0.29) is 0 Å². The third kappa shape index (κ3) is 2.85. The Labute approximate surface area is 123 Å². The van der Waals surface area contributed by atoms with Gasteiger partial charge in [0.15, 0.2) is 0 Å². The molecule has 1 aliphatic carbocycles. The van der Waals surface area contributed by atoms with E-state index >= 15 is 0 Å². The first-order valence-corrected chi connectivity index (χ1v) is 8.28. The zero-order valence-corrected chi connectivity index (χ0v) is 12.9. The maximum Gasteiger partial charge on any atom is 0.0399 e. The Morgan fingerprint density at radius 1 is 1.20 bits per heavy atom. The van der Waals surface area contributed by atoms with Crippen molar-refractivity contribution in [3.63, 3.8) is 0 Å². The number of nitrogens with one attached hydrogen (secondary N) is 1. The zero-order valence-electron chi connectivity index (χ0n) is 12.9. The molecule has 2 nitrogen and oxygen atoms in total. The highest BCUT2D eigenvalue weighted by Gasteiger charge is 2.28. The number of anilines is 1. The molecule has 0 amide bonds. The van der Waals surface area contributed by atoms with Gasteiger partial charge in [-0.3, -0.25) is 0 Å². The maximum absolute atomic E-state index is 3.55. The quantitative estimate of drug-likeness (QED) is 0.906.